The van der Waals surface area contributed by atoms with Gasteiger partial charge in [0.05, 0.1) is 0 Å². The normalized spacial score (nSPS) is 43.2. The Kier molecular flexibility index (Phi) is 3.73. The average molecular weight is 320 g/mol. The van der Waals surface area contributed by atoms with Gasteiger partial charge in [0.2, 0.25) is 0 Å². The Morgan fingerprint density at radius 2 is 1.78 bits per heavy atom. The summed E-state index contributed by atoms with van der Waals surface area (Å²) in [4.78, 5) is 48.7. The van der Waals surface area contributed by atoms with Crippen LogP contribution in [0, 0.1) is 28.6 Å². The Morgan fingerprint density at radius 1 is 1.13 bits per heavy atom. The van der Waals surface area contributed by atoms with Gasteiger partial charge in [-0.05, 0) is 31.1 Å². The van der Waals surface area contributed by atoms with Crippen molar-refractivity contribution in [1.82, 2.24) is 0 Å². The predicted octanol–water partition coefficient (Wildman–Crippen LogP) is 2.41. The Labute approximate surface area is 135 Å². The predicted molar refractivity (Wildman–Crippen MR) is 81.7 cm³/mol. The third-order valence-electron chi connectivity index (χ3n) is 6.86. The summed E-state index contributed by atoms with van der Waals surface area (Å²) in [7, 11) is 0. The molecule has 0 bridgehead atoms. The number of carbonyl (C=O) groups is 4. The number of Topliss-reactive ketones (excluding diaryl/α,β-unsaturated/α-hetero) is 3. The van der Waals surface area contributed by atoms with Crippen LogP contribution >= 0.6 is 0 Å². The SMILES string of the molecule is C[C@]1(CCC(=O)O)C(=O)CC[C@@H]2[C@@H]1C(=O)C[C@]1(C)C(=O)CC[C@@H]21. The lowest BCUT2D eigenvalue weighted by molar-refractivity contribution is -0.160. The van der Waals surface area contributed by atoms with Crippen LogP contribution in [0.25, 0.3) is 0 Å². The highest BCUT2D eigenvalue weighted by atomic mass is 16.4. The summed E-state index contributed by atoms with van der Waals surface area (Å²) in [5.74, 6) is -0.957. The number of carboxylic acids is 1. The average Bonchev–Trinajstić information content (AvgIpc) is 2.76. The zero-order chi connectivity index (χ0) is 17.0. The van der Waals surface area contributed by atoms with Crippen LogP contribution in [0.5, 0.6) is 0 Å². The first-order valence-corrected chi connectivity index (χ1v) is 8.51. The number of carbonyl (C=O) groups excluding carboxylic acids is 3. The fourth-order valence-electron chi connectivity index (χ4n) is 5.57. The van der Waals surface area contributed by atoms with Gasteiger partial charge in [0.15, 0.2) is 0 Å². The summed E-state index contributed by atoms with van der Waals surface area (Å²) < 4.78 is 0. The van der Waals surface area contributed by atoms with Gasteiger partial charge in [0, 0.05) is 42.4 Å². The van der Waals surface area contributed by atoms with Crippen LogP contribution in [-0.2, 0) is 19.2 Å². The van der Waals surface area contributed by atoms with Crippen molar-refractivity contribution >= 4 is 23.3 Å². The van der Waals surface area contributed by atoms with Gasteiger partial charge in [0.1, 0.15) is 17.3 Å². The topological polar surface area (TPSA) is 88.5 Å². The van der Waals surface area contributed by atoms with E-state index < -0.39 is 22.7 Å². The molecule has 3 saturated carbocycles. The molecular formula is C18H24O5. The zero-order valence-corrected chi connectivity index (χ0v) is 13.8. The third-order valence-corrected chi connectivity index (χ3v) is 6.86. The van der Waals surface area contributed by atoms with Crippen molar-refractivity contribution in [2.24, 2.45) is 28.6 Å². The summed E-state index contributed by atoms with van der Waals surface area (Å²) in [6.45, 7) is 3.68. The lowest BCUT2D eigenvalue weighted by atomic mass is 9.48. The number of ketones is 3. The fraction of sp³-hybridized carbons (Fsp3) is 0.778. The highest BCUT2D eigenvalue weighted by Gasteiger charge is 2.62. The van der Waals surface area contributed by atoms with E-state index in [9.17, 15) is 19.2 Å². The lowest BCUT2D eigenvalue weighted by Gasteiger charge is -2.52. The molecule has 0 aromatic rings. The smallest absolute Gasteiger partial charge is 0.303 e. The molecule has 1 N–H and O–H groups in total. The largest absolute Gasteiger partial charge is 0.481 e. The number of rotatable bonds is 3. The van der Waals surface area contributed by atoms with E-state index in [1.165, 1.54) is 0 Å². The molecule has 0 saturated heterocycles. The maximum Gasteiger partial charge on any atom is 0.303 e. The molecule has 0 aromatic heterocycles. The quantitative estimate of drug-likeness (QED) is 0.862. The van der Waals surface area contributed by atoms with Crippen molar-refractivity contribution < 1.29 is 24.3 Å². The molecule has 0 unspecified atom stereocenters. The molecule has 0 aliphatic heterocycles. The second-order valence-corrected chi connectivity index (χ2v) is 8.04. The number of hydrogen-bond donors (Lipinski definition) is 1. The van der Waals surface area contributed by atoms with E-state index in [2.05, 4.69) is 0 Å². The summed E-state index contributed by atoms with van der Waals surface area (Å²) in [5.41, 5.74) is -1.45. The first kappa shape index (κ1) is 16.3. The second-order valence-electron chi connectivity index (χ2n) is 8.04. The van der Waals surface area contributed by atoms with Gasteiger partial charge in [-0.25, -0.2) is 0 Å². The van der Waals surface area contributed by atoms with Crippen LogP contribution < -0.4 is 0 Å². The summed E-state index contributed by atoms with van der Waals surface area (Å²) in [6, 6.07) is 0. The van der Waals surface area contributed by atoms with Crippen molar-refractivity contribution in [2.45, 2.75) is 58.8 Å². The van der Waals surface area contributed by atoms with Crippen molar-refractivity contribution in [2.75, 3.05) is 0 Å². The third kappa shape index (κ3) is 2.27. The molecular weight excluding hydrogens is 296 g/mol. The molecule has 23 heavy (non-hydrogen) atoms. The van der Waals surface area contributed by atoms with Crippen LogP contribution in [0.4, 0.5) is 0 Å². The standard InChI is InChI=1S/C18H24O5/c1-17(8-7-15(22)23)13(20)5-3-10-11-4-6-14(21)18(11,2)9-12(19)16(10)17/h10-11,16H,3-9H2,1-2H3,(H,22,23)/t10-,11-,16+,17-,18-/m0/s1. The Morgan fingerprint density at radius 3 is 2.43 bits per heavy atom. The highest BCUT2D eigenvalue weighted by molar-refractivity contribution is 5.99. The van der Waals surface area contributed by atoms with E-state index in [1.54, 1.807) is 6.92 Å². The molecule has 126 valence electrons. The highest BCUT2D eigenvalue weighted by Crippen LogP contribution is 2.60. The second kappa shape index (κ2) is 5.25. The van der Waals surface area contributed by atoms with Crippen LogP contribution in [-0.4, -0.2) is 28.4 Å². The first-order valence-electron chi connectivity index (χ1n) is 8.51. The van der Waals surface area contributed by atoms with Gasteiger partial charge in [-0.15, -0.1) is 0 Å². The molecule has 5 nitrogen and oxygen atoms in total. The fourth-order valence-corrected chi connectivity index (χ4v) is 5.57. The summed E-state index contributed by atoms with van der Waals surface area (Å²) in [6.07, 6.45) is 2.71. The maximum absolute atomic E-state index is 12.9. The molecule has 3 fully saturated rings. The number of hydrogen-bond acceptors (Lipinski definition) is 4. The van der Waals surface area contributed by atoms with Gasteiger partial charge in [-0.2, -0.15) is 0 Å². The van der Waals surface area contributed by atoms with E-state index in [0.29, 0.717) is 19.3 Å². The van der Waals surface area contributed by atoms with Crippen LogP contribution in [0.15, 0.2) is 0 Å². The van der Waals surface area contributed by atoms with E-state index in [0.717, 1.165) is 6.42 Å². The monoisotopic (exact) mass is 320 g/mol. The van der Waals surface area contributed by atoms with Gasteiger partial charge in [-0.3, -0.25) is 19.2 Å². The first-order chi connectivity index (χ1) is 10.7. The Balaban J connectivity index is 1.96. The van der Waals surface area contributed by atoms with Crippen molar-refractivity contribution in [3.8, 4) is 0 Å². The van der Waals surface area contributed by atoms with Crippen LogP contribution in [0.3, 0.4) is 0 Å². The number of fused-ring (bicyclic) bond motifs is 3. The molecule has 3 rings (SSSR count). The van der Waals surface area contributed by atoms with E-state index >= 15 is 0 Å². The lowest BCUT2D eigenvalue weighted by Crippen LogP contribution is -2.56. The molecule has 5 heteroatoms. The minimum atomic E-state index is -0.940. The van der Waals surface area contributed by atoms with Crippen molar-refractivity contribution in [3.05, 3.63) is 0 Å². The summed E-state index contributed by atoms with van der Waals surface area (Å²) >= 11 is 0. The van der Waals surface area contributed by atoms with Crippen molar-refractivity contribution in [3.63, 3.8) is 0 Å². The minimum absolute atomic E-state index is 0.00932. The molecule has 0 amide bonds. The van der Waals surface area contributed by atoms with Gasteiger partial charge < -0.3 is 5.11 Å². The van der Waals surface area contributed by atoms with E-state index in [1.807, 2.05) is 6.92 Å². The molecule has 5 atom stereocenters. The van der Waals surface area contributed by atoms with Gasteiger partial charge in [-0.1, -0.05) is 13.8 Å². The molecule has 0 aromatic carbocycles. The number of aliphatic carboxylic acids is 1. The van der Waals surface area contributed by atoms with E-state index in [-0.39, 0.29) is 48.4 Å². The van der Waals surface area contributed by atoms with Crippen molar-refractivity contribution in [1.29, 1.82) is 0 Å². The van der Waals surface area contributed by atoms with Crippen LogP contribution in [0.2, 0.25) is 0 Å². The number of carboxylic acid groups (broad SMARTS) is 1. The molecule has 3 aliphatic rings. The van der Waals surface area contributed by atoms with Gasteiger partial charge >= 0.3 is 5.97 Å². The van der Waals surface area contributed by atoms with Gasteiger partial charge in [0.25, 0.3) is 0 Å². The maximum atomic E-state index is 12.9. The molecule has 0 radical (unpaired) electrons. The Hall–Kier alpha value is -1.52. The van der Waals surface area contributed by atoms with Crippen LogP contribution in [0.1, 0.15) is 58.8 Å². The zero-order valence-electron chi connectivity index (χ0n) is 13.8. The Bertz CT molecular complexity index is 594. The molecule has 0 heterocycles. The summed E-state index contributed by atoms with van der Waals surface area (Å²) in [5, 5.41) is 8.99. The minimum Gasteiger partial charge on any atom is -0.481 e. The molecule has 3 aliphatic carbocycles. The molecule has 0 spiro atoms. The van der Waals surface area contributed by atoms with E-state index in [4.69, 9.17) is 5.11 Å².